The fourth-order valence-corrected chi connectivity index (χ4v) is 1.26. The summed E-state index contributed by atoms with van der Waals surface area (Å²) in [6, 6.07) is 5.46. The molecule has 0 saturated carbocycles. The van der Waals surface area contributed by atoms with Gasteiger partial charge in [0, 0.05) is 18.6 Å². The number of rotatable bonds is 4. The summed E-state index contributed by atoms with van der Waals surface area (Å²) in [5, 5.41) is 12.8. The quantitative estimate of drug-likeness (QED) is 0.694. The number of nitrogens with two attached hydrogens (primary N) is 1. The fourth-order valence-electron chi connectivity index (χ4n) is 1.08. The van der Waals surface area contributed by atoms with E-state index in [9.17, 15) is 0 Å². The summed E-state index contributed by atoms with van der Waals surface area (Å²) in [5.74, 6) is 0. The van der Waals surface area contributed by atoms with Crippen molar-refractivity contribution >= 4 is 23.0 Å². The molecule has 1 aromatic rings. The van der Waals surface area contributed by atoms with E-state index in [-0.39, 0.29) is 12.0 Å². The van der Waals surface area contributed by atoms with E-state index in [1.807, 2.05) is 26.0 Å². The average Bonchev–Trinajstić information content (AvgIpc) is 2.20. The molecular formula is C11H17ClN2O. The molecule has 1 aromatic carbocycles. The third-order valence-electron chi connectivity index (χ3n) is 2.24. The Hall–Kier alpha value is -0.930. The molecule has 0 saturated heterocycles. The van der Waals surface area contributed by atoms with Crippen LogP contribution in [0.1, 0.15) is 13.8 Å². The van der Waals surface area contributed by atoms with Gasteiger partial charge in [-0.25, -0.2) is 0 Å². The van der Waals surface area contributed by atoms with Crippen LogP contribution in [0.25, 0.3) is 0 Å². The summed E-state index contributed by atoms with van der Waals surface area (Å²) in [4.78, 5) is 0. The van der Waals surface area contributed by atoms with E-state index in [2.05, 4.69) is 5.32 Å². The van der Waals surface area contributed by atoms with Crippen LogP contribution in [0.3, 0.4) is 0 Å². The van der Waals surface area contributed by atoms with E-state index < -0.39 is 0 Å². The second-order valence-corrected chi connectivity index (χ2v) is 4.78. The molecule has 3 nitrogen and oxygen atoms in total. The van der Waals surface area contributed by atoms with Crippen LogP contribution < -0.4 is 11.1 Å². The highest BCUT2D eigenvalue weighted by Crippen LogP contribution is 2.27. The number of halogens is 1. The van der Waals surface area contributed by atoms with Crippen molar-refractivity contribution in [3.8, 4) is 0 Å². The van der Waals surface area contributed by atoms with Crippen molar-refractivity contribution in [3.05, 3.63) is 23.2 Å². The zero-order chi connectivity index (χ0) is 11.5. The number of nitrogen functional groups attached to an aromatic ring is 1. The fraction of sp³-hybridized carbons (Fsp3) is 0.455. The third-order valence-corrected chi connectivity index (χ3v) is 2.57. The van der Waals surface area contributed by atoms with Gasteiger partial charge in [-0.05, 0) is 12.1 Å². The SMILES string of the molecule is CC(C)(CO)CNc1cccc(Cl)c1N. The van der Waals surface area contributed by atoms with Gasteiger partial charge in [0.05, 0.1) is 16.4 Å². The van der Waals surface area contributed by atoms with Gasteiger partial charge >= 0.3 is 0 Å². The molecule has 0 atom stereocenters. The molecule has 0 aromatic heterocycles. The lowest BCUT2D eigenvalue weighted by molar-refractivity contribution is 0.171. The highest BCUT2D eigenvalue weighted by Gasteiger charge is 2.16. The van der Waals surface area contributed by atoms with Crippen LogP contribution in [-0.2, 0) is 0 Å². The standard InChI is InChI=1S/C11H17ClN2O/c1-11(2,7-15)6-14-9-5-3-4-8(12)10(9)13/h3-5,14-15H,6-7,13H2,1-2H3. The Bertz CT molecular complexity index is 339. The number of para-hydroxylation sites is 1. The Morgan fingerprint density at radius 3 is 2.73 bits per heavy atom. The maximum atomic E-state index is 9.10. The molecule has 84 valence electrons. The molecule has 1 rings (SSSR count). The molecule has 0 unspecified atom stereocenters. The first-order chi connectivity index (χ1) is 6.96. The first-order valence-corrected chi connectivity index (χ1v) is 5.23. The van der Waals surface area contributed by atoms with Crippen LogP contribution in [0, 0.1) is 5.41 Å². The monoisotopic (exact) mass is 228 g/mol. The largest absolute Gasteiger partial charge is 0.396 e. The van der Waals surface area contributed by atoms with Gasteiger partial charge < -0.3 is 16.2 Å². The predicted molar refractivity (Wildman–Crippen MR) is 65.2 cm³/mol. The van der Waals surface area contributed by atoms with Gasteiger partial charge in [-0.2, -0.15) is 0 Å². The molecule has 0 fully saturated rings. The summed E-state index contributed by atoms with van der Waals surface area (Å²) >= 11 is 5.88. The van der Waals surface area contributed by atoms with Crippen molar-refractivity contribution in [2.45, 2.75) is 13.8 Å². The number of nitrogens with one attached hydrogen (secondary N) is 1. The smallest absolute Gasteiger partial charge is 0.0739 e. The highest BCUT2D eigenvalue weighted by molar-refractivity contribution is 6.33. The van der Waals surface area contributed by atoms with Gasteiger partial charge in [0.15, 0.2) is 0 Å². The van der Waals surface area contributed by atoms with Crippen molar-refractivity contribution in [3.63, 3.8) is 0 Å². The van der Waals surface area contributed by atoms with Crippen molar-refractivity contribution in [2.75, 3.05) is 24.2 Å². The van der Waals surface area contributed by atoms with E-state index in [0.717, 1.165) is 5.69 Å². The average molecular weight is 229 g/mol. The number of aliphatic hydroxyl groups excluding tert-OH is 1. The lowest BCUT2D eigenvalue weighted by Crippen LogP contribution is -2.27. The van der Waals surface area contributed by atoms with Crippen molar-refractivity contribution in [1.82, 2.24) is 0 Å². The summed E-state index contributed by atoms with van der Waals surface area (Å²) in [6.45, 7) is 4.72. The first kappa shape index (κ1) is 12.1. The highest BCUT2D eigenvalue weighted by atomic mass is 35.5. The summed E-state index contributed by atoms with van der Waals surface area (Å²) in [6.07, 6.45) is 0. The minimum atomic E-state index is -0.172. The van der Waals surface area contributed by atoms with Crippen molar-refractivity contribution < 1.29 is 5.11 Å². The molecule has 0 aliphatic heterocycles. The molecular weight excluding hydrogens is 212 g/mol. The Balaban J connectivity index is 2.70. The lowest BCUT2D eigenvalue weighted by Gasteiger charge is -2.23. The van der Waals surface area contributed by atoms with Crippen LogP contribution in [0.15, 0.2) is 18.2 Å². The van der Waals surface area contributed by atoms with Crippen molar-refractivity contribution in [1.29, 1.82) is 0 Å². The summed E-state index contributed by atoms with van der Waals surface area (Å²) < 4.78 is 0. The third kappa shape index (κ3) is 3.29. The number of hydrogen-bond donors (Lipinski definition) is 3. The van der Waals surface area contributed by atoms with E-state index in [1.165, 1.54) is 0 Å². The second kappa shape index (κ2) is 4.73. The van der Waals surface area contributed by atoms with Crippen LogP contribution in [-0.4, -0.2) is 18.3 Å². The van der Waals surface area contributed by atoms with Crippen LogP contribution in [0.4, 0.5) is 11.4 Å². The summed E-state index contributed by atoms with van der Waals surface area (Å²) in [7, 11) is 0. The summed E-state index contributed by atoms with van der Waals surface area (Å²) in [5.41, 5.74) is 6.98. The van der Waals surface area contributed by atoms with E-state index in [1.54, 1.807) is 6.07 Å². The van der Waals surface area contributed by atoms with Gasteiger partial charge in [0.1, 0.15) is 0 Å². The zero-order valence-corrected chi connectivity index (χ0v) is 9.80. The number of hydrogen-bond acceptors (Lipinski definition) is 3. The van der Waals surface area contributed by atoms with Gasteiger partial charge in [-0.3, -0.25) is 0 Å². The normalized spacial score (nSPS) is 11.5. The molecule has 15 heavy (non-hydrogen) atoms. The molecule has 0 bridgehead atoms. The van der Waals surface area contributed by atoms with Gasteiger partial charge in [-0.1, -0.05) is 31.5 Å². The Morgan fingerprint density at radius 1 is 1.47 bits per heavy atom. The maximum Gasteiger partial charge on any atom is 0.0739 e. The second-order valence-electron chi connectivity index (χ2n) is 4.38. The van der Waals surface area contributed by atoms with Crippen LogP contribution >= 0.6 is 11.6 Å². The first-order valence-electron chi connectivity index (χ1n) is 4.85. The predicted octanol–water partition coefficient (Wildman–Crippen LogP) is 2.35. The Morgan fingerprint density at radius 2 is 2.13 bits per heavy atom. The number of benzene rings is 1. The zero-order valence-electron chi connectivity index (χ0n) is 9.05. The van der Waals surface area contributed by atoms with E-state index in [4.69, 9.17) is 22.4 Å². The number of aliphatic hydroxyl groups is 1. The van der Waals surface area contributed by atoms with Gasteiger partial charge in [-0.15, -0.1) is 0 Å². The lowest BCUT2D eigenvalue weighted by atomic mass is 9.95. The van der Waals surface area contributed by atoms with Gasteiger partial charge in [0.2, 0.25) is 0 Å². The van der Waals surface area contributed by atoms with Crippen LogP contribution in [0.2, 0.25) is 5.02 Å². The maximum absolute atomic E-state index is 9.10. The molecule has 0 aliphatic rings. The van der Waals surface area contributed by atoms with E-state index >= 15 is 0 Å². The van der Waals surface area contributed by atoms with Gasteiger partial charge in [0.25, 0.3) is 0 Å². The molecule has 0 amide bonds. The molecule has 0 spiro atoms. The molecule has 4 N–H and O–H groups in total. The minimum absolute atomic E-state index is 0.125. The molecule has 0 radical (unpaired) electrons. The Labute approximate surface area is 95.2 Å². The Kier molecular flexibility index (Phi) is 3.83. The van der Waals surface area contributed by atoms with Crippen molar-refractivity contribution in [2.24, 2.45) is 5.41 Å². The number of anilines is 2. The molecule has 4 heteroatoms. The topological polar surface area (TPSA) is 58.3 Å². The molecule has 0 heterocycles. The molecule has 0 aliphatic carbocycles. The van der Waals surface area contributed by atoms with E-state index in [0.29, 0.717) is 17.3 Å². The minimum Gasteiger partial charge on any atom is -0.396 e. The van der Waals surface area contributed by atoms with Crippen LogP contribution in [0.5, 0.6) is 0 Å².